The van der Waals surface area contributed by atoms with Gasteiger partial charge in [-0.15, -0.1) is 0 Å². The molecule has 0 spiro atoms. The summed E-state index contributed by atoms with van der Waals surface area (Å²) in [5.74, 6) is -0.678. The molecule has 0 aliphatic rings. The molecular weight excluding hydrogens is 284 g/mol. The Bertz CT molecular complexity index is 547. The van der Waals surface area contributed by atoms with Crippen LogP contribution in [0.15, 0.2) is 11.4 Å². The number of nitrogens with two attached hydrogens (primary N) is 1. The second kappa shape index (κ2) is 6.71. The number of hydrogen-bond acceptors (Lipinski definition) is 6. The van der Waals surface area contributed by atoms with E-state index in [-0.39, 0.29) is 30.5 Å². The van der Waals surface area contributed by atoms with Crippen LogP contribution in [0.4, 0.5) is 5.82 Å². The number of imidazole rings is 1. The average molecular weight is 304 g/mol. The van der Waals surface area contributed by atoms with Crippen molar-refractivity contribution in [1.29, 1.82) is 0 Å². The van der Waals surface area contributed by atoms with Crippen molar-refractivity contribution in [1.82, 2.24) is 13.9 Å². The quantitative estimate of drug-likeness (QED) is 0.709. The smallest absolute Gasteiger partial charge is 0.321 e. The van der Waals surface area contributed by atoms with Gasteiger partial charge in [0.05, 0.1) is 12.9 Å². The molecule has 114 valence electrons. The zero-order chi connectivity index (χ0) is 15.3. The van der Waals surface area contributed by atoms with E-state index >= 15 is 0 Å². The number of sulfonamides is 1. The maximum Gasteiger partial charge on any atom is 0.321 e. The van der Waals surface area contributed by atoms with Crippen LogP contribution in [0.3, 0.4) is 0 Å². The molecule has 8 nitrogen and oxygen atoms in total. The van der Waals surface area contributed by atoms with Crippen LogP contribution in [-0.2, 0) is 26.6 Å². The van der Waals surface area contributed by atoms with Gasteiger partial charge in [-0.25, -0.2) is 13.4 Å². The Kier molecular flexibility index (Phi) is 5.52. The highest BCUT2D eigenvalue weighted by Gasteiger charge is 2.31. The predicted octanol–water partition coefficient (Wildman–Crippen LogP) is -0.0339. The minimum atomic E-state index is -3.89. The minimum absolute atomic E-state index is 0.0857. The van der Waals surface area contributed by atoms with Gasteiger partial charge in [-0.2, -0.15) is 4.31 Å². The van der Waals surface area contributed by atoms with Crippen molar-refractivity contribution in [2.75, 3.05) is 25.4 Å². The summed E-state index contributed by atoms with van der Waals surface area (Å²) in [5, 5.41) is -0.116. The predicted molar refractivity (Wildman–Crippen MR) is 73.3 cm³/mol. The molecule has 0 saturated heterocycles. The summed E-state index contributed by atoms with van der Waals surface area (Å²) in [6.07, 6.45) is 1.88. The van der Waals surface area contributed by atoms with E-state index in [9.17, 15) is 13.2 Å². The lowest BCUT2D eigenvalue weighted by Crippen LogP contribution is -2.38. The molecule has 0 bridgehead atoms. The fourth-order valence-electron chi connectivity index (χ4n) is 1.76. The lowest BCUT2D eigenvalue weighted by molar-refractivity contribution is -0.143. The molecule has 0 aliphatic heterocycles. The van der Waals surface area contributed by atoms with Gasteiger partial charge in [0.15, 0.2) is 10.8 Å². The van der Waals surface area contributed by atoms with E-state index in [2.05, 4.69) is 4.98 Å². The van der Waals surface area contributed by atoms with Crippen LogP contribution in [0.5, 0.6) is 0 Å². The van der Waals surface area contributed by atoms with Crippen molar-refractivity contribution in [3.05, 3.63) is 6.33 Å². The van der Waals surface area contributed by atoms with E-state index in [0.29, 0.717) is 6.42 Å². The van der Waals surface area contributed by atoms with Gasteiger partial charge in [0.2, 0.25) is 0 Å². The zero-order valence-corrected chi connectivity index (χ0v) is 12.7. The molecule has 0 fully saturated rings. The Labute approximate surface area is 118 Å². The molecule has 0 atom stereocenters. The number of rotatable bonds is 7. The van der Waals surface area contributed by atoms with Gasteiger partial charge in [-0.05, 0) is 13.3 Å². The second-order valence-electron chi connectivity index (χ2n) is 4.19. The molecule has 1 aromatic rings. The first-order valence-electron chi connectivity index (χ1n) is 6.27. The number of nitrogen functional groups attached to an aromatic ring is 1. The molecule has 2 N–H and O–H groups in total. The third-order valence-electron chi connectivity index (χ3n) is 2.58. The van der Waals surface area contributed by atoms with E-state index in [1.165, 1.54) is 17.9 Å². The van der Waals surface area contributed by atoms with Crippen LogP contribution in [0.1, 0.15) is 20.3 Å². The molecule has 0 unspecified atom stereocenters. The van der Waals surface area contributed by atoms with Crippen LogP contribution in [0.2, 0.25) is 0 Å². The van der Waals surface area contributed by atoms with Crippen LogP contribution in [-0.4, -0.2) is 47.9 Å². The van der Waals surface area contributed by atoms with Crippen molar-refractivity contribution in [2.24, 2.45) is 7.05 Å². The molecule has 0 amide bonds. The third kappa shape index (κ3) is 3.48. The molecule has 0 radical (unpaired) electrons. The number of esters is 1. The second-order valence-corrected chi connectivity index (χ2v) is 6.04. The lowest BCUT2D eigenvalue weighted by atomic mass is 10.5. The Morgan fingerprint density at radius 1 is 1.50 bits per heavy atom. The summed E-state index contributed by atoms with van der Waals surface area (Å²) in [6.45, 7) is 3.54. The number of hydrogen-bond donors (Lipinski definition) is 1. The molecule has 0 aromatic carbocycles. The summed E-state index contributed by atoms with van der Waals surface area (Å²) >= 11 is 0. The molecule has 1 rings (SSSR count). The highest BCUT2D eigenvalue weighted by atomic mass is 32.2. The fraction of sp³-hybridized carbons (Fsp3) is 0.636. The van der Waals surface area contributed by atoms with Crippen LogP contribution >= 0.6 is 0 Å². The van der Waals surface area contributed by atoms with Gasteiger partial charge in [0, 0.05) is 13.6 Å². The molecule has 9 heteroatoms. The monoisotopic (exact) mass is 304 g/mol. The molecule has 0 aliphatic carbocycles. The molecule has 1 aromatic heterocycles. The van der Waals surface area contributed by atoms with E-state index in [1.54, 1.807) is 6.92 Å². The number of ether oxygens (including phenoxy) is 1. The minimum Gasteiger partial charge on any atom is -0.465 e. The normalized spacial score (nSPS) is 11.8. The lowest BCUT2D eigenvalue weighted by Gasteiger charge is -2.20. The van der Waals surface area contributed by atoms with Crippen molar-refractivity contribution in [3.8, 4) is 0 Å². The van der Waals surface area contributed by atoms with Gasteiger partial charge in [-0.3, -0.25) is 4.79 Å². The summed E-state index contributed by atoms with van der Waals surface area (Å²) < 4.78 is 32.2. The van der Waals surface area contributed by atoms with Crippen LogP contribution < -0.4 is 5.73 Å². The largest absolute Gasteiger partial charge is 0.465 e. The third-order valence-corrected chi connectivity index (χ3v) is 4.55. The first-order chi connectivity index (χ1) is 9.34. The van der Waals surface area contributed by atoms with Crippen molar-refractivity contribution >= 4 is 21.8 Å². The van der Waals surface area contributed by atoms with E-state index in [0.717, 1.165) is 4.31 Å². The van der Waals surface area contributed by atoms with Crippen molar-refractivity contribution < 1.29 is 17.9 Å². The SMILES string of the molecule is CCCN(CC(=O)OCC)S(=O)(=O)c1c(N)ncn1C. The van der Waals surface area contributed by atoms with Crippen molar-refractivity contribution in [3.63, 3.8) is 0 Å². The Morgan fingerprint density at radius 2 is 2.15 bits per heavy atom. The first-order valence-corrected chi connectivity index (χ1v) is 7.71. The van der Waals surface area contributed by atoms with Gasteiger partial charge in [0.25, 0.3) is 10.0 Å². The molecule has 20 heavy (non-hydrogen) atoms. The number of aryl methyl sites for hydroxylation is 1. The number of carbonyl (C=O) groups is 1. The van der Waals surface area contributed by atoms with Crippen LogP contribution in [0, 0.1) is 0 Å². The average Bonchev–Trinajstić information content (AvgIpc) is 2.69. The number of carbonyl (C=O) groups excluding carboxylic acids is 1. The number of nitrogens with zero attached hydrogens (tertiary/aromatic N) is 3. The van der Waals surface area contributed by atoms with E-state index in [1.807, 2.05) is 6.92 Å². The van der Waals surface area contributed by atoms with Crippen LogP contribution in [0.25, 0.3) is 0 Å². The van der Waals surface area contributed by atoms with Gasteiger partial charge in [-0.1, -0.05) is 6.92 Å². The first kappa shape index (κ1) is 16.4. The molecular formula is C11H20N4O4S. The molecule has 0 saturated carbocycles. The van der Waals surface area contributed by atoms with E-state index < -0.39 is 16.0 Å². The summed E-state index contributed by atoms with van der Waals surface area (Å²) in [5.41, 5.74) is 5.60. The summed E-state index contributed by atoms with van der Waals surface area (Å²) in [6, 6.07) is 0. The Balaban J connectivity index is 3.10. The maximum absolute atomic E-state index is 12.5. The van der Waals surface area contributed by atoms with Crippen molar-refractivity contribution in [2.45, 2.75) is 25.3 Å². The standard InChI is InChI=1S/C11H20N4O4S/c1-4-6-15(7-9(16)19-5-2)20(17,18)11-10(12)13-8-14(11)3/h8H,4-7,12H2,1-3H3. The zero-order valence-electron chi connectivity index (χ0n) is 11.9. The van der Waals surface area contributed by atoms with Gasteiger partial charge < -0.3 is 15.0 Å². The Morgan fingerprint density at radius 3 is 2.60 bits per heavy atom. The van der Waals surface area contributed by atoms with Gasteiger partial charge >= 0.3 is 5.97 Å². The van der Waals surface area contributed by atoms with Gasteiger partial charge in [0.1, 0.15) is 6.54 Å². The number of aromatic nitrogens is 2. The highest BCUT2D eigenvalue weighted by Crippen LogP contribution is 2.20. The molecule has 1 heterocycles. The summed E-state index contributed by atoms with van der Waals surface area (Å²) in [4.78, 5) is 15.3. The summed E-state index contributed by atoms with van der Waals surface area (Å²) in [7, 11) is -2.35. The fourth-order valence-corrected chi connectivity index (χ4v) is 3.43. The highest BCUT2D eigenvalue weighted by molar-refractivity contribution is 7.89. The topological polar surface area (TPSA) is 108 Å². The number of anilines is 1. The Hall–Kier alpha value is -1.61. The van der Waals surface area contributed by atoms with E-state index in [4.69, 9.17) is 10.5 Å². The maximum atomic E-state index is 12.5.